The van der Waals surface area contributed by atoms with Gasteiger partial charge in [0.1, 0.15) is 35.6 Å². The summed E-state index contributed by atoms with van der Waals surface area (Å²) in [6, 6.07) is 7.24. The molecular formula is C13H12FN5O2. The first kappa shape index (κ1) is 14.6. The molecule has 0 aliphatic carbocycles. The van der Waals surface area contributed by atoms with Crippen LogP contribution in [0.1, 0.15) is 11.4 Å². The van der Waals surface area contributed by atoms with Gasteiger partial charge in [-0.2, -0.15) is 10.2 Å². The third-order valence-corrected chi connectivity index (χ3v) is 2.47. The van der Waals surface area contributed by atoms with Crippen molar-refractivity contribution in [3.8, 4) is 17.7 Å². The van der Waals surface area contributed by atoms with E-state index in [9.17, 15) is 4.39 Å². The van der Waals surface area contributed by atoms with Crippen molar-refractivity contribution in [2.24, 2.45) is 5.84 Å². The molecule has 0 amide bonds. The molecule has 0 aliphatic rings. The van der Waals surface area contributed by atoms with E-state index < -0.39 is 5.82 Å². The molecule has 2 aromatic rings. The van der Waals surface area contributed by atoms with Gasteiger partial charge in [0.2, 0.25) is 5.88 Å². The number of aromatic nitrogens is 2. The molecule has 108 valence electrons. The van der Waals surface area contributed by atoms with Gasteiger partial charge in [0.25, 0.3) is 0 Å². The number of rotatable bonds is 5. The fourth-order valence-electron chi connectivity index (χ4n) is 1.60. The maximum absolute atomic E-state index is 13.5. The van der Waals surface area contributed by atoms with Gasteiger partial charge in [-0.25, -0.2) is 15.2 Å². The molecule has 0 bridgehead atoms. The van der Waals surface area contributed by atoms with Crippen molar-refractivity contribution in [3.63, 3.8) is 0 Å². The van der Waals surface area contributed by atoms with Crippen molar-refractivity contribution in [2.45, 2.75) is 6.61 Å². The van der Waals surface area contributed by atoms with Crippen LogP contribution in [0.5, 0.6) is 11.6 Å². The summed E-state index contributed by atoms with van der Waals surface area (Å²) in [4.78, 5) is 8.14. The van der Waals surface area contributed by atoms with Crippen LogP contribution >= 0.6 is 0 Å². The van der Waals surface area contributed by atoms with Crippen LogP contribution < -0.4 is 16.0 Å². The molecule has 0 saturated carbocycles. The number of ether oxygens (including phenoxy) is 2. The number of hydrazine groups is 1. The second-order valence-corrected chi connectivity index (χ2v) is 3.91. The van der Waals surface area contributed by atoms with Gasteiger partial charge in [-0.1, -0.05) is 6.07 Å². The summed E-state index contributed by atoms with van der Waals surface area (Å²) < 4.78 is 23.9. The zero-order valence-electron chi connectivity index (χ0n) is 11.1. The number of hydrogen-bond acceptors (Lipinski definition) is 7. The summed E-state index contributed by atoms with van der Waals surface area (Å²) in [6.45, 7) is 0.153. The molecule has 1 aromatic carbocycles. The van der Waals surface area contributed by atoms with Crippen molar-refractivity contribution in [3.05, 3.63) is 41.5 Å². The number of methoxy groups -OCH3 is 1. The van der Waals surface area contributed by atoms with Gasteiger partial charge in [-0.05, 0) is 12.1 Å². The van der Waals surface area contributed by atoms with E-state index in [4.69, 9.17) is 20.6 Å². The van der Waals surface area contributed by atoms with Crippen LogP contribution in [-0.4, -0.2) is 17.1 Å². The summed E-state index contributed by atoms with van der Waals surface area (Å²) in [7, 11) is 1.49. The fourth-order valence-corrected chi connectivity index (χ4v) is 1.60. The standard InChI is InChI=1S/C13H12FN5O2/c1-20-7-12-17-11(19-16)5-13(18-12)21-10-4-2-3-9(14)8(10)6-15/h2-5H,7,16H2,1H3,(H,17,18,19). The molecule has 1 aromatic heterocycles. The number of anilines is 1. The molecule has 21 heavy (non-hydrogen) atoms. The minimum atomic E-state index is -0.668. The van der Waals surface area contributed by atoms with Crippen LogP contribution in [0.4, 0.5) is 10.2 Å². The Hall–Kier alpha value is -2.76. The van der Waals surface area contributed by atoms with Crippen molar-refractivity contribution < 1.29 is 13.9 Å². The molecule has 0 fully saturated rings. The summed E-state index contributed by atoms with van der Waals surface area (Å²) >= 11 is 0. The Morgan fingerprint density at radius 1 is 1.43 bits per heavy atom. The van der Waals surface area contributed by atoms with E-state index in [0.717, 1.165) is 0 Å². The lowest BCUT2D eigenvalue weighted by atomic mass is 10.2. The Balaban J connectivity index is 2.37. The lowest BCUT2D eigenvalue weighted by Crippen LogP contribution is -2.11. The second kappa shape index (κ2) is 6.60. The van der Waals surface area contributed by atoms with Crippen LogP contribution in [0.25, 0.3) is 0 Å². The molecule has 0 atom stereocenters. The summed E-state index contributed by atoms with van der Waals surface area (Å²) in [5.74, 6) is 5.45. The SMILES string of the molecule is COCc1nc(NN)cc(Oc2cccc(F)c2C#N)n1. The number of benzene rings is 1. The quantitative estimate of drug-likeness (QED) is 0.637. The molecule has 0 spiro atoms. The number of nitriles is 1. The Bertz CT molecular complexity index is 687. The zero-order valence-corrected chi connectivity index (χ0v) is 11.1. The number of halogens is 1. The highest BCUT2D eigenvalue weighted by Gasteiger charge is 2.12. The van der Waals surface area contributed by atoms with Gasteiger partial charge in [0, 0.05) is 13.2 Å². The van der Waals surface area contributed by atoms with Gasteiger partial charge >= 0.3 is 0 Å². The maximum Gasteiger partial charge on any atom is 0.224 e. The number of nitrogens with one attached hydrogen (secondary N) is 1. The molecule has 0 radical (unpaired) electrons. The molecule has 0 aliphatic heterocycles. The summed E-state index contributed by atoms with van der Waals surface area (Å²) in [5, 5.41) is 8.96. The lowest BCUT2D eigenvalue weighted by molar-refractivity contribution is 0.177. The average molecular weight is 289 g/mol. The molecule has 8 heteroatoms. The van der Waals surface area contributed by atoms with Crippen LogP contribution in [0.3, 0.4) is 0 Å². The summed E-state index contributed by atoms with van der Waals surface area (Å²) in [6.07, 6.45) is 0. The zero-order chi connectivity index (χ0) is 15.2. The van der Waals surface area contributed by atoms with Gasteiger partial charge in [-0.3, -0.25) is 0 Å². The van der Waals surface area contributed by atoms with Crippen molar-refractivity contribution in [2.75, 3.05) is 12.5 Å². The largest absolute Gasteiger partial charge is 0.437 e. The van der Waals surface area contributed by atoms with E-state index in [0.29, 0.717) is 11.6 Å². The average Bonchev–Trinajstić information content (AvgIpc) is 2.47. The fraction of sp³-hybridized carbons (Fsp3) is 0.154. The number of nitrogens with two attached hydrogens (primary N) is 1. The predicted octanol–water partition coefficient (Wildman–Crippen LogP) is 1.71. The molecule has 7 nitrogen and oxygen atoms in total. The van der Waals surface area contributed by atoms with Crippen LogP contribution in [0, 0.1) is 17.1 Å². The van der Waals surface area contributed by atoms with Crippen LogP contribution in [-0.2, 0) is 11.3 Å². The third kappa shape index (κ3) is 3.42. The first-order valence-corrected chi connectivity index (χ1v) is 5.88. The minimum absolute atomic E-state index is 0.0579. The number of nitrogens with zero attached hydrogens (tertiary/aromatic N) is 3. The van der Waals surface area contributed by atoms with Crippen LogP contribution in [0.2, 0.25) is 0 Å². The van der Waals surface area contributed by atoms with Crippen molar-refractivity contribution in [1.82, 2.24) is 9.97 Å². The molecule has 3 N–H and O–H groups in total. The van der Waals surface area contributed by atoms with Crippen molar-refractivity contribution >= 4 is 5.82 Å². The molecular weight excluding hydrogens is 277 g/mol. The lowest BCUT2D eigenvalue weighted by Gasteiger charge is -2.09. The topological polar surface area (TPSA) is 106 Å². The smallest absolute Gasteiger partial charge is 0.224 e. The predicted molar refractivity (Wildman–Crippen MR) is 71.7 cm³/mol. The number of hydrogen-bond donors (Lipinski definition) is 2. The van der Waals surface area contributed by atoms with Gasteiger partial charge in [0.15, 0.2) is 5.82 Å². The molecule has 2 rings (SSSR count). The van der Waals surface area contributed by atoms with E-state index in [1.807, 2.05) is 0 Å². The first-order valence-electron chi connectivity index (χ1n) is 5.88. The first-order chi connectivity index (χ1) is 10.2. The van der Waals surface area contributed by atoms with E-state index in [1.54, 1.807) is 6.07 Å². The van der Waals surface area contributed by atoms with Gasteiger partial charge in [0.05, 0.1) is 0 Å². The Morgan fingerprint density at radius 3 is 2.90 bits per heavy atom. The normalized spacial score (nSPS) is 10.0. The van der Waals surface area contributed by atoms with E-state index >= 15 is 0 Å². The van der Waals surface area contributed by atoms with Gasteiger partial charge in [-0.15, -0.1) is 0 Å². The Kier molecular flexibility index (Phi) is 4.61. The highest BCUT2D eigenvalue weighted by atomic mass is 19.1. The minimum Gasteiger partial charge on any atom is -0.437 e. The van der Waals surface area contributed by atoms with E-state index in [-0.39, 0.29) is 23.8 Å². The second-order valence-electron chi connectivity index (χ2n) is 3.91. The van der Waals surface area contributed by atoms with Gasteiger partial charge < -0.3 is 14.9 Å². The van der Waals surface area contributed by atoms with Crippen LogP contribution in [0.15, 0.2) is 24.3 Å². The summed E-state index contributed by atoms with van der Waals surface area (Å²) in [5.41, 5.74) is 2.16. The molecule has 0 unspecified atom stereocenters. The highest BCUT2D eigenvalue weighted by Crippen LogP contribution is 2.26. The third-order valence-electron chi connectivity index (χ3n) is 2.47. The van der Waals surface area contributed by atoms with E-state index in [2.05, 4.69) is 15.4 Å². The molecule has 1 heterocycles. The van der Waals surface area contributed by atoms with Crippen molar-refractivity contribution in [1.29, 1.82) is 5.26 Å². The van der Waals surface area contributed by atoms with E-state index in [1.165, 1.54) is 31.4 Å². The Labute approximate surface area is 120 Å². The Morgan fingerprint density at radius 2 is 2.24 bits per heavy atom. The number of nitrogen functional groups attached to an aromatic ring is 1. The maximum atomic E-state index is 13.5. The highest BCUT2D eigenvalue weighted by molar-refractivity contribution is 5.46. The molecule has 0 saturated heterocycles. The monoisotopic (exact) mass is 289 g/mol.